The third-order valence-electron chi connectivity index (χ3n) is 4.67. The Morgan fingerprint density at radius 3 is 2.88 bits per heavy atom. The zero-order chi connectivity index (χ0) is 17.1. The number of nitrogens with one attached hydrogen (secondary N) is 2. The highest BCUT2D eigenvalue weighted by Crippen LogP contribution is 2.37. The number of aliphatic imine (C=N–C) groups is 1. The summed E-state index contributed by atoms with van der Waals surface area (Å²) in [5.41, 5.74) is 0. The van der Waals surface area contributed by atoms with Crippen molar-refractivity contribution in [2.45, 2.75) is 50.7 Å². The van der Waals surface area contributed by atoms with Crippen LogP contribution in [0.4, 0.5) is 0 Å². The Kier molecular flexibility index (Phi) is 9.28. The van der Waals surface area contributed by atoms with Gasteiger partial charge in [0.05, 0.1) is 6.54 Å². The molecule has 2 aliphatic rings. The van der Waals surface area contributed by atoms with Crippen molar-refractivity contribution in [3.8, 4) is 0 Å². The molecule has 0 aromatic heterocycles. The summed E-state index contributed by atoms with van der Waals surface area (Å²) in [5.74, 6) is 2.91. The Balaban J connectivity index is 1.57. The van der Waals surface area contributed by atoms with Gasteiger partial charge in [0.2, 0.25) is 0 Å². The number of guanidine groups is 1. The highest BCUT2D eigenvalue weighted by Gasteiger charge is 2.29. The van der Waals surface area contributed by atoms with Crippen LogP contribution in [0, 0.1) is 5.92 Å². The number of thioether (sulfide) groups is 1. The normalized spacial score (nSPS) is 25.8. The minimum Gasteiger partial charge on any atom is -0.381 e. The van der Waals surface area contributed by atoms with Crippen LogP contribution in [-0.2, 0) is 9.47 Å². The first-order valence-electron chi connectivity index (χ1n) is 9.53. The lowest BCUT2D eigenvalue weighted by Gasteiger charge is -2.22. The van der Waals surface area contributed by atoms with E-state index in [4.69, 9.17) is 14.5 Å². The third-order valence-corrected chi connectivity index (χ3v) is 6.19. The van der Waals surface area contributed by atoms with E-state index in [1.807, 2.05) is 0 Å². The van der Waals surface area contributed by atoms with E-state index in [1.165, 1.54) is 18.6 Å². The summed E-state index contributed by atoms with van der Waals surface area (Å²) in [6.07, 6.45) is 5.91. The molecule has 1 unspecified atom stereocenters. The first-order chi connectivity index (χ1) is 11.7. The van der Waals surface area contributed by atoms with Crippen molar-refractivity contribution in [3.05, 3.63) is 0 Å². The van der Waals surface area contributed by atoms with Crippen molar-refractivity contribution in [2.24, 2.45) is 10.9 Å². The SMILES string of the molecule is CCNC(=NCC1(C)CCCS1)NCCCOCC1CCOCC1. The first-order valence-corrected chi connectivity index (χ1v) is 10.5. The lowest BCUT2D eigenvalue weighted by molar-refractivity contribution is 0.0203. The Morgan fingerprint density at radius 1 is 1.33 bits per heavy atom. The van der Waals surface area contributed by atoms with Crippen LogP contribution in [0.25, 0.3) is 0 Å². The molecule has 0 spiro atoms. The standard InChI is InChI=1S/C18H35N3O2S/c1-3-19-17(21-15-18(2)8-4-13-24-18)20-9-5-10-23-14-16-6-11-22-12-7-16/h16H,3-15H2,1-2H3,(H2,19,20,21). The number of rotatable bonds is 9. The predicted molar refractivity (Wildman–Crippen MR) is 103 cm³/mol. The summed E-state index contributed by atoms with van der Waals surface area (Å²) < 4.78 is 11.5. The fourth-order valence-corrected chi connectivity index (χ4v) is 4.32. The van der Waals surface area contributed by atoms with Crippen molar-refractivity contribution in [1.29, 1.82) is 0 Å². The molecule has 0 amide bonds. The summed E-state index contributed by atoms with van der Waals surface area (Å²) in [7, 11) is 0. The molecule has 0 aromatic rings. The van der Waals surface area contributed by atoms with E-state index in [9.17, 15) is 0 Å². The minimum atomic E-state index is 0.329. The monoisotopic (exact) mass is 357 g/mol. The van der Waals surface area contributed by atoms with E-state index in [2.05, 4.69) is 36.2 Å². The van der Waals surface area contributed by atoms with E-state index < -0.39 is 0 Å². The van der Waals surface area contributed by atoms with Crippen LogP contribution in [0.5, 0.6) is 0 Å². The molecule has 6 heteroatoms. The molecule has 2 heterocycles. The van der Waals surface area contributed by atoms with Crippen molar-refractivity contribution in [1.82, 2.24) is 10.6 Å². The van der Waals surface area contributed by atoms with Crippen LogP contribution < -0.4 is 10.6 Å². The molecule has 2 rings (SSSR count). The van der Waals surface area contributed by atoms with Gasteiger partial charge in [0, 0.05) is 44.3 Å². The summed E-state index contributed by atoms with van der Waals surface area (Å²) in [5, 5.41) is 6.77. The zero-order valence-electron chi connectivity index (χ0n) is 15.4. The van der Waals surface area contributed by atoms with Gasteiger partial charge in [-0.3, -0.25) is 4.99 Å². The van der Waals surface area contributed by atoms with Gasteiger partial charge in [0.1, 0.15) is 0 Å². The van der Waals surface area contributed by atoms with Gasteiger partial charge >= 0.3 is 0 Å². The molecular weight excluding hydrogens is 322 g/mol. The van der Waals surface area contributed by atoms with Crippen LogP contribution in [0.1, 0.15) is 46.0 Å². The van der Waals surface area contributed by atoms with Crippen molar-refractivity contribution < 1.29 is 9.47 Å². The fraction of sp³-hybridized carbons (Fsp3) is 0.944. The number of nitrogens with zero attached hydrogens (tertiary/aromatic N) is 1. The van der Waals surface area contributed by atoms with Gasteiger partial charge in [0.15, 0.2) is 5.96 Å². The molecule has 0 radical (unpaired) electrons. The molecular formula is C18H35N3O2S. The van der Waals surface area contributed by atoms with Crippen LogP contribution >= 0.6 is 11.8 Å². The second kappa shape index (κ2) is 11.2. The topological polar surface area (TPSA) is 54.9 Å². The molecule has 2 N–H and O–H groups in total. The van der Waals surface area contributed by atoms with Crippen LogP contribution in [-0.4, -0.2) is 62.5 Å². The van der Waals surface area contributed by atoms with E-state index in [0.717, 1.165) is 71.3 Å². The fourth-order valence-electron chi connectivity index (χ4n) is 3.09. The van der Waals surface area contributed by atoms with Gasteiger partial charge in [-0.05, 0) is 57.6 Å². The lowest BCUT2D eigenvalue weighted by Crippen LogP contribution is -2.39. The predicted octanol–water partition coefficient (Wildman–Crippen LogP) is 2.66. The smallest absolute Gasteiger partial charge is 0.191 e. The maximum absolute atomic E-state index is 5.81. The van der Waals surface area contributed by atoms with Gasteiger partial charge in [-0.1, -0.05) is 0 Å². The van der Waals surface area contributed by atoms with Gasteiger partial charge in [0.25, 0.3) is 0 Å². The highest BCUT2D eigenvalue weighted by atomic mass is 32.2. The van der Waals surface area contributed by atoms with Crippen molar-refractivity contribution in [2.75, 3.05) is 51.8 Å². The molecule has 2 aliphatic heterocycles. The molecule has 2 saturated heterocycles. The third kappa shape index (κ3) is 7.62. The summed E-state index contributed by atoms with van der Waals surface area (Å²) in [6, 6.07) is 0. The molecule has 2 fully saturated rings. The van der Waals surface area contributed by atoms with E-state index in [0.29, 0.717) is 10.7 Å². The maximum Gasteiger partial charge on any atom is 0.191 e. The molecule has 1 atom stereocenters. The lowest BCUT2D eigenvalue weighted by atomic mass is 10.0. The van der Waals surface area contributed by atoms with Crippen LogP contribution in [0.3, 0.4) is 0 Å². The first kappa shape index (κ1) is 19.9. The average Bonchev–Trinajstić information content (AvgIpc) is 3.03. The second-order valence-electron chi connectivity index (χ2n) is 7.01. The second-order valence-corrected chi connectivity index (χ2v) is 8.69. The Hall–Kier alpha value is -0.460. The van der Waals surface area contributed by atoms with Gasteiger partial charge in [-0.15, -0.1) is 0 Å². The van der Waals surface area contributed by atoms with Crippen LogP contribution in [0.15, 0.2) is 4.99 Å². The van der Waals surface area contributed by atoms with Crippen molar-refractivity contribution in [3.63, 3.8) is 0 Å². The Bertz CT molecular complexity index is 367. The summed E-state index contributed by atoms with van der Waals surface area (Å²) >= 11 is 2.06. The van der Waals surface area contributed by atoms with E-state index in [-0.39, 0.29) is 0 Å². The van der Waals surface area contributed by atoms with Crippen LogP contribution in [0.2, 0.25) is 0 Å². The summed E-state index contributed by atoms with van der Waals surface area (Å²) in [4.78, 5) is 4.78. The molecule has 0 bridgehead atoms. The Morgan fingerprint density at radius 2 is 2.17 bits per heavy atom. The number of ether oxygens (including phenoxy) is 2. The molecule has 0 aromatic carbocycles. The molecule has 24 heavy (non-hydrogen) atoms. The molecule has 5 nitrogen and oxygen atoms in total. The summed E-state index contributed by atoms with van der Waals surface area (Å²) in [6.45, 7) is 10.6. The van der Waals surface area contributed by atoms with E-state index in [1.54, 1.807) is 0 Å². The highest BCUT2D eigenvalue weighted by molar-refractivity contribution is 8.00. The maximum atomic E-state index is 5.81. The van der Waals surface area contributed by atoms with Gasteiger partial charge < -0.3 is 20.1 Å². The molecule has 140 valence electrons. The Labute approximate surface area is 151 Å². The zero-order valence-corrected chi connectivity index (χ0v) is 16.3. The quantitative estimate of drug-likeness (QED) is 0.377. The van der Waals surface area contributed by atoms with Crippen molar-refractivity contribution >= 4 is 17.7 Å². The average molecular weight is 358 g/mol. The van der Waals surface area contributed by atoms with Gasteiger partial charge in [-0.25, -0.2) is 0 Å². The molecule has 0 aliphatic carbocycles. The number of hydrogen-bond acceptors (Lipinski definition) is 4. The largest absolute Gasteiger partial charge is 0.381 e. The number of hydrogen-bond donors (Lipinski definition) is 2. The van der Waals surface area contributed by atoms with Gasteiger partial charge in [-0.2, -0.15) is 11.8 Å². The minimum absolute atomic E-state index is 0.329. The molecule has 0 saturated carbocycles. The van der Waals surface area contributed by atoms with E-state index >= 15 is 0 Å².